The van der Waals surface area contributed by atoms with Crippen LogP contribution < -0.4 is 5.32 Å². The van der Waals surface area contributed by atoms with Crippen LogP contribution in [0.5, 0.6) is 0 Å². The first-order chi connectivity index (χ1) is 9.17. The number of nitrogens with zero attached hydrogens (tertiary/aromatic N) is 1. The van der Waals surface area contributed by atoms with Gasteiger partial charge in [-0.3, -0.25) is 0 Å². The van der Waals surface area contributed by atoms with E-state index in [2.05, 4.69) is 19.2 Å². The van der Waals surface area contributed by atoms with Gasteiger partial charge in [0.15, 0.2) is 0 Å². The molecule has 2 nitrogen and oxygen atoms in total. The van der Waals surface area contributed by atoms with Crippen molar-refractivity contribution in [2.75, 3.05) is 6.54 Å². The molecule has 0 atom stereocenters. The van der Waals surface area contributed by atoms with Crippen LogP contribution in [0.25, 0.3) is 0 Å². The smallest absolute Gasteiger partial charge is 0.0936 e. The zero-order valence-corrected chi connectivity index (χ0v) is 13.1. The third-order valence-corrected chi connectivity index (χ3v) is 5.93. The molecule has 0 amide bonds. The zero-order chi connectivity index (χ0) is 13.3. The average Bonchev–Trinajstić information content (AvgIpc) is 3.16. The maximum Gasteiger partial charge on any atom is 0.0936 e. The van der Waals surface area contributed by atoms with Crippen molar-refractivity contribution in [1.29, 1.82) is 0 Å². The van der Waals surface area contributed by atoms with E-state index in [1.807, 2.05) is 11.3 Å². The van der Waals surface area contributed by atoms with E-state index in [9.17, 15) is 0 Å². The Labute approximate surface area is 121 Å². The maximum absolute atomic E-state index is 4.78. The molecule has 3 rings (SSSR count). The van der Waals surface area contributed by atoms with Gasteiger partial charge in [-0.25, -0.2) is 4.98 Å². The molecule has 3 heteroatoms. The quantitative estimate of drug-likeness (QED) is 0.880. The van der Waals surface area contributed by atoms with Crippen LogP contribution in [0.2, 0.25) is 0 Å². The van der Waals surface area contributed by atoms with Crippen molar-refractivity contribution >= 4 is 11.3 Å². The summed E-state index contributed by atoms with van der Waals surface area (Å²) in [6, 6.07) is 0.832. The molecule has 0 spiro atoms. The van der Waals surface area contributed by atoms with Gasteiger partial charge >= 0.3 is 0 Å². The maximum atomic E-state index is 4.78. The van der Waals surface area contributed by atoms with Gasteiger partial charge < -0.3 is 5.32 Å². The molecule has 2 saturated carbocycles. The molecule has 1 N–H and O–H groups in total. The summed E-state index contributed by atoms with van der Waals surface area (Å²) in [6.45, 7) is 5.56. The van der Waals surface area contributed by atoms with Crippen molar-refractivity contribution in [1.82, 2.24) is 10.3 Å². The number of thiazole rings is 1. The Bertz CT molecular complexity index is 408. The molecule has 1 heterocycles. The number of aryl methyl sites for hydroxylation is 2. The van der Waals surface area contributed by atoms with Gasteiger partial charge in [-0.1, -0.05) is 19.3 Å². The van der Waals surface area contributed by atoms with Crippen LogP contribution >= 0.6 is 11.3 Å². The van der Waals surface area contributed by atoms with E-state index in [4.69, 9.17) is 4.98 Å². The summed E-state index contributed by atoms with van der Waals surface area (Å²) in [4.78, 5) is 6.18. The molecule has 0 bridgehead atoms. The molecule has 2 aliphatic carbocycles. The van der Waals surface area contributed by atoms with Crippen LogP contribution in [0.15, 0.2) is 0 Å². The van der Waals surface area contributed by atoms with Gasteiger partial charge in [-0.05, 0) is 44.9 Å². The predicted octanol–water partition coefficient (Wildman–Crippen LogP) is 4.00. The van der Waals surface area contributed by atoms with E-state index in [0.29, 0.717) is 5.41 Å². The van der Waals surface area contributed by atoms with Gasteiger partial charge in [0.05, 0.1) is 10.7 Å². The third-order valence-electron chi connectivity index (χ3n) is 4.86. The van der Waals surface area contributed by atoms with Crippen molar-refractivity contribution in [3.63, 3.8) is 0 Å². The summed E-state index contributed by atoms with van der Waals surface area (Å²) in [6.07, 6.45) is 11.0. The topological polar surface area (TPSA) is 24.9 Å². The third kappa shape index (κ3) is 3.38. The van der Waals surface area contributed by atoms with E-state index < -0.39 is 0 Å². The van der Waals surface area contributed by atoms with Crippen LogP contribution in [0.3, 0.4) is 0 Å². The summed E-state index contributed by atoms with van der Waals surface area (Å²) >= 11 is 1.92. The fourth-order valence-electron chi connectivity index (χ4n) is 3.30. The molecular formula is C16H26N2S. The average molecular weight is 278 g/mol. The van der Waals surface area contributed by atoms with Crippen LogP contribution in [0, 0.1) is 19.3 Å². The Hall–Kier alpha value is -0.410. The second-order valence-electron chi connectivity index (χ2n) is 6.64. The Morgan fingerprint density at radius 3 is 2.53 bits per heavy atom. The molecule has 2 aliphatic rings. The fraction of sp³-hybridized carbons (Fsp3) is 0.812. The SMILES string of the molecule is Cc1nc(CC2(CNC3CC3)CCCCC2)sc1C. The number of hydrogen-bond donors (Lipinski definition) is 1. The van der Waals surface area contributed by atoms with Gasteiger partial charge in [0.1, 0.15) is 0 Å². The molecule has 19 heavy (non-hydrogen) atoms. The highest BCUT2D eigenvalue weighted by Gasteiger charge is 2.35. The lowest BCUT2D eigenvalue weighted by Gasteiger charge is -2.37. The van der Waals surface area contributed by atoms with Crippen LogP contribution in [0.1, 0.15) is 60.5 Å². The summed E-state index contributed by atoms with van der Waals surface area (Å²) in [7, 11) is 0. The Morgan fingerprint density at radius 1 is 1.21 bits per heavy atom. The normalized spacial score (nSPS) is 22.6. The summed E-state index contributed by atoms with van der Waals surface area (Å²) in [5.41, 5.74) is 1.73. The lowest BCUT2D eigenvalue weighted by molar-refractivity contribution is 0.180. The number of hydrogen-bond acceptors (Lipinski definition) is 3. The highest BCUT2D eigenvalue weighted by atomic mass is 32.1. The van der Waals surface area contributed by atoms with Crippen LogP contribution in [0.4, 0.5) is 0 Å². The molecule has 0 saturated heterocycles. The van der Waals surface area contributed by atoms with Gasteiger partial charge in [-0.15, -0.1) is 11.3 Å². The Kier molecular flexibility index (Phi) is 3.95. The fourth-order valence-corrected chi connectivity index (χ4v) is 4.41. The lowest BCUT2D eigenvalue weighted by Crippen LogP contribution is -2.38. The van der Waals surface area contributed by atoms with Crippen molar-refractivity contribution in [2.45, 2.75) is 71.3 Å². The highest BCUT2D eigenvalue weighted by molar-refractivity contribution is 7.11. The summed E-state index contributed by atoms with van der Waals surface area (Å²) < 4.78 is 0. The predicted molar refractivity (Wildman–Crippen MR) is 81.8 cm³/mol. The number of aromatic nitrogens is 1. The van der Waals surface area contributed by atoms with Crippen molar-refractivity contribution in [2.24, 2.45) is 5.41 Å². The number of nitrogens with one attached hydrogen (secondary N) is 1. The minimum Gasteiger partial charge on any atom is -0.313 e. The molecule has 1 aromatic rings. The second kappa shape index (κ2) is 5.53. The van der Waals surface area contributed by atoms with E-state index in [0.717, 1.165) is 6.04 Å². The van der Waals surface area contributed by atoms with Gasteiger partial charge in [-0.2, -0.15) is 0 Å². The largest absolute Gasteiger partial charge is 0.313 e. The van der Waals surface area contributed by atoms with E-state index in [-0.39, 0.29) is 0 Å². The molecule has 0 radical (unpaired) electrons. The Morgan fingerprint density at radius 2 is 1.95 bits per heavy atom. The second-order valence-corrected chi connectivity index (χ2v) is 7.93. The first-order valence-electron chi connectivity index (χ1n) is 7.83. The Balaban J connectivity index is 1.69. The van der Waals surface area contributed by atoms with E-state index in [1.54, 1.807) is 0 Å². The zero-order valence-electron chi connectivity index (χ0n) is 12.3. The lowest BCUT2D eigenvalue weighted by atomic mass is 9.72. The minimum absolute atomic E-state index is 0.498. The molecule has 0 aliphatic heterocycles. The van der Waals surface area contributed by atoms with Gasteiger partial charge in [0, 0.05) is 23.9 Å². The molecule has 0 aromatic carbocycles. The van der Waals surface area contributed by atoms with Gasteiger partial charge in [0.25, 0.3) is 0 Å². The van der Waals surface area contributed by atoms with Crippen molar-refractivity contribution in [3.8, 4) is 0 Å². The van der Waals surface area contributed by atoms with Crippen LogP contribution in [-0.4, -0.2) is 17.6 Å². The molecule has 2 fully saturated rings. The standard InChI is InChI=1S/C16H26N2S/c1-12-13(2)19-15(18-12)10-16(8-4-3-5-9-16)11-17-14-6-7-14/h14,17H,3-11H2,1-2H3. The van der Waals surface area contributed by atoms with Crippen LogP contribution in [-0.2, 0) is 6.42 Å². The molecular weight excluding hydrogens is 252 g/mol. The highest BCUT2D eigenvalue weighted by Crippen LogP contribution is 2.40. The van der Waals surface area contributed by atoms with Crippen molar-refractivity contribution < 1.29 is 0 Å². The minimum atomic E-state index is 0.498. The molecule has 106 valence electrons. The summed E-state index contributed by atoms with van der Waals surface area (Å²) in [5, 5.41) is 5.16. The summed E-state index contributed by atoms with van der Waals surface area (Å²) in [5.74, 6) is 0. The van der Waals surface area contributed by atoms with E-state index in [1.165, 1.54) is 73.5 Å². The first-order valence-corrected chi connectivity index (χ1v) is 8.65. The van der Waals surface area contributed by atoms with E-state index >= 15 is 0 Å². The molecule has 1 aromatic heterocycles. The van der Waals surface area contributed by atoms with Gasteiger partial charge in [0.2, 0.25) is 0 Å². The van der Waals surface area contributed by atoms with Crippen molar-refractivity contribution in [3.05, 3.63) is 15.6 Å². The number of rotatable bonds is 5. The monoisotopic (exact) mass is 278 g/mol. The molecule has 0 unspecified atom stereocenters. The first kappa shape index (κ1) is 13.6.